The van der Waals surface area contributed by atoms with Crippen LogP contribution in [0.1, 0.15) is 36.9 Å². The van der Waals surface area contributed by atoms with Crippen LogP contribution in [-0.4, -0.2) is 42.2 Å². The Labute approximate surface area is 160 Å². The lowest BCUT2D eigenvalue weighted by atomic mass is 10.1. The molecule has 2 aromatic rings. The predicted octanol–water partition coefficient (Wildman–Crippen LogP) is 3.12. The van der Waals surface area contributed by atoms with Crippen molar-refractivity contribution in [3.63, 3.8) is 0 Å². The molecule has 2 heterocycles. The molecule has 27 heavy (non-hydrogen) atoms. The minimum Gasteiger partial charge on any atom is -0.478 e. The highest BCUT2D eigenvalue weighted by Crippen LogP contribution is 2.24. The Balaban J connectivity index is 1.55. The average molecular weight is 368 g/mol. The van der Waals surface area contributed by atoms with Crippen molar-refractivity contribution in [3.8, 4) is 5.88 Å². The molecule has 6 heteroatoms. The smallest absolute Gasteiger partial charge is 0.315 e. The van der Waals surface area contributed by atoms with Crippen molar-refractivity contribution in [1.82, 2.24) is 20.5 Å². The molecule has 1 aromatic carbocycles. The Morgan fingerprint density at radius 3 is 2.67 bits per heavy atom. The molecule has 0 aliphatic carbocycles. The van der Waals surface area contributed by atoms with Gasteiger partial charge in [0.1, 0.15) is 0 Å². The number of likely N-dealkylation sites (tertiary alicyclic amines) is 1. The number of urea groups is 1. The number of aromatic nitrogens is 1. The Morgan fingerprint density at radius 1 is 1.15 bits per heavy atom. The third kappa shape index (κ3) is 5.44. The van der Waals surface area contributed by atoms with Crippen LogP contribution in [0.2, 0.25) is 0 Å². The maximum atomic E-state index is 12.3. The lowest BCUT2D eigenvalue weighted by Crippen LogP contribution is -2.41. The quantitative estimate of drug-likeness (QED) is 0.751. The molecule has 0 bridgehead atoms. The number of nitrogens with zero attached hydrogens (tertiary/aromatic N) is 2. The fourth-order valence-corrected chi connectivity index (χ4v) is 3.44. The van der Waals surface area contributed by atoms with Crippen LogP contribution in [0.25, 0.3) is 0 Å². The monoisotopic (exact) mass is 368 g/mol. The molecule has 0 saturated carbocycles. The van der Waals surface area contributed by atoms with Crippen LogP contribution in [-0.2, 0) is 6.54 Å². The van der Waals surface area contributed by atoms with E-state index in [0.29, 0.717) is 25.6 Å². The molecule has 1 unspecified atom stereocenters. The lowest BCUT2D eigenvalue weighted by molar-refractivity contribution is 0.220. The zero-order chi connectivity index (χ0) is 18.9. The third-order valence-electron chi connectivity index (χ3n) is 4.79. The summed E-state index contributed by atoms with van der Waals surface area (Å²) >= 11 is 0. The molecular formula is C21H28N4O2. The number of benzene rings is 1. The Hall–Kier alpha value is -2.60. The second kappa shape index (κ2) is 9.92. The molecule has 2 N–H and O–H groups in total. The number of hydrogen-bond acceptors (Lipinski definition) is 4. The molecule has 1 saturated heterocycles. The first kappa shape index (κ1) is 19.2. The number of rotatable bonds is 8. The van der Waals surface area contributed by atoms with Gasteiger partial charge in [0.05, 0.1) is 12.6 Å². The number of carbonyl (C=O) groups is 1. The van der Waals surface area contributed by atoms with E-state index in [9.17, 15) is 4.79 Å². The normalized spacial score (nSPS) is 15.3. The summed E-state index contributed by atoms with van der Waals surface area (Å²) in [4.78, 5) is 19.0. The van der Waals surface area contributed by atoms with E-state index in [-0.39, 0.29) is 12.1 Å². The van der Waals surface area contributed by atoms with Gasteiger partial charge in [0, 0.05) is 24.8 Å². The molecule has 3 rings (SSSR count). The van der Waals surface area contributed by atoms with Gasteiger partial charge in [-0.05, 0) is 44.5 Å². The summed E-state index contributed by atoms with van der Waals surface area (Å²) in [6.45, 7) is 5.59. The summed E-state index contributed by atoms with van der Waals surface area (Å²) < 4.78 is 5.50. The Kier molecular flexibility index (Phi) is 7.04. The zero-order valence-corrected chi connectivity index (χ0v) is 15.9. The van der Waals surface area contributed by atoms with Crippen LogP contribution in [0, 0.1) is 0 Å². The predicted molar refractivity (Wildman–Crippen MR) is 106 cm³/mol. The van der Waals surface area contributed by atoms with Gasteiger partial charge in [-0.1, -0.05) is 36.4 Å². The number of nitrogens with one attached hydrogen (secondary N) is 2. The van der Waals surface area contributed by atoms with Crippen molar-refractivity contribution in [2.45, 2.75) is 32.4 Å². The molecule has 1 aromatic heterocycles. The molecule has 0 spiro atoms. The van der Waals surface area contributed by atoms with Gasteiger partial charge in [0.15, 0.2) is 0 Å². The summed E-state index contributed by atoms with van der Waals surface area (Å²) in [6, 6.07) is 14.2. The molecule has 6 nitrogen and oxygen atoms in total. The highest BCUT2D eigenvalue weighted by Gasteiger charge is 2.23. The first-order valence-corrected chi connectivity index (χ1v) is 9.65. The minimum atomic E-state index is -0.179. The molecule has 1 atom stereocenters. The van der Waals surface area contributed by atoms with Crippen molar-refractivity contribution in [2.24, 2.45) is 0 Å². The van der Waals surface area contributed by atoms with Crippen molar-refractivity contribution in [2.75, 3.05) is 26.2 Å². The minimum absolute atomic E-state index is 0.179. The van der Waals surface area contributed by atoms with E-state index < -0.39 is 0 Å². The summed E-state index contributed by atoms with van der Waals surface area (Å²) in [5, 5.41) is 5.93. The average Bonchev–Trinajstić information content (AvgIpc) is 3.23. The van der Waals surface area contributed by atoms with Gasteiger partial charge in [-0.25, -0.2) is 9.78 Å². The SMILES string of the molecule is CCOc1ncccc1CNC(=O)NCC(c1ccccc1)N1CCCC1. The van der Waals surface area contributed by atoms with Crippen molar-refractivity contribution in [1.29, 1.82) is 0 Å². The first-order chi connectivity index (χ1) is 13.3. The number of hydrogen-bond donors (Lipinski definition) is 2. The van der Waals surface area contributed by atoms with E-state index in [2.05, 4.69) is 44.8 Å². The zero-order valence-electron chi connectivity index (χ0n) is 15.9. The van der Waals surface area contributed by atoms with Crippen LogP contribution < -0.4 is 15.4 Å². The summed E-state index contributed by atoms with van der Waals surface area (Å²) in [7, 11) is 0. The van der Waals surface area contributed by atoms with Crippen LogP contribution >= 0.6 is 0 Å². The Bertz CT molecular complexity index is 717. The van der Waals surface area contributed by atoms with E-state index >= 15 is 0 Å². The number of pyridine rings is 1. The molecule has 1 aliphatic rings. The lowest BCUT2D eigenvalue weighted by Gasteiger charge is -2.28. The number of amides is 2. The van der Waals surface area contributed by atoms with E-state index in [0.717, 1.165) is 18.7 Å². The van der Waals surface area contributed by atoms with Crippen LogP contribution in [0.4, 0.5) is 4.79 Å². The highest BCUT2D eigenvalue weighted by atomic mass is 16.5. The number of ether oxygens (including phenoxy) is 1. The van der Waals surface area contributed by atoms with Gasteiger partial charge in [-0.15, -0.1) is 0 Å². The van der Waals surface area contributed by atoms with Crippen molar-refractivity contribution >= 4 is 6.03 Å². The first-order valence-electron chi connectivity index (χ1n) is 9.65. The maximum absolute atomic E-state index is 12.3. The second-order valence-electron chi connectivity index (χ2n) is 6.63. The standard InChI is InChI=1S/C21H28N4O2/c1-2-27-20-18(11-8-12-22-20)15-23-21(26)24-16-19(25-13-6-7-14-25)17-9-4-3-5-10-17/h3-5,8-12,19H,2,6-7,13-16H2,1H3,(H2,23,24,26). The third-order valence-corrected chi connectivity index (χ3v) is 4.79. The summed E-state index contributed by atoms with van der Waals surface area (Å²) in [6.07, 6.45) is 4.13. The molecular weight excluding hydrogens is 340 g/mol. The second-order valence-corrected chi connectivity index (χ2v) is 6.63. The maximum Gasteiger partial charge on any atom is 0.315 e. The van der Waals surface area contributed by atoms with Gasteiger partial charge in [0.2, 0.25) is 5.88 Å². The highest BCUT2D eigenvalue weighted by molar-refractivity contribution is 5.73. The van der Waals surface area contributed by atoms with Crippen LogP contribution in [0.5, 0.6) is 5.88 Å². The fourth-order valence-electron chi connectivity index (χ4n) is 3.44. The molecule has 0 radical (unpaired) electrons. The van der Waals surface area contributed by atoms with Gasteiger partial charge >= 0.3 is 6.03 Å². The van der Waals surface area contributed by atoms with Crippen molar-refractivity contribution in [3.05, 3.63) is 59.8 Å². The molecule has 1 fully saturated rings. The van der Waals surface area contributed by atoms with Gasteiger partial charge in [-0.2, -0.15) is 0 Å². The number of carbonyl (C=O) groups excluding carboxylic acids is 1. The van der Waals surface area contributed by atoms with E-state index in [4.69, 9.17) is 4.74 Å². The van der Waals surface area contributed by atoms with Gasteiger partial charge in [-0.3, -0.25) is 4.90 Å². The van der Waals surface area contributed by atoms with Gasteiger partial charge in [0.25, 0.3) is 0 Å². The van der Waals surface area contributed by atoms with Crippen LogP contribution in [0.3, 0.4) is 0 Å². The largest absolute Gasteiger partial charge is 0.478 e. The fraction of sp³-hybridized carbons (Fsp3) is 0.429. The van der Waals surface area contributed by atoms with Gasteiger partial charge < -0.3 is 15.4 Å². The summed E-state index contributed by atoms with van der Waals surface area (Å²) in [5.41, 5.74) is 2.11. The summed E-state index contributed by atoms with van der Waals surface area (Å²) in [5.74, 6) is 0.569. The van der Waals surface area contributed by atoms with Crippen molar-refractivity contribution < 1.29 is 9.53 Å². The molecule has 1 aliphatic heterocycles. The molecule has 144 valence electrons. The molecule has 2 amide bonds. The Morgan fingerprint density at radius 2 is 1.93 bits per heavy atom. The van der Waals surface area contributed by atoms with Crippen LogP contribution in [0.15, 0.2) is 48.7 Å². The van der Waals surface area contributed by atoms with E-state index in [1.807, 2.05) is 25.1 Å². The van der Waals surface area contributed by atoms with E-state index in [1.54, 1.807) is 6.20 Å². The topological polar surface area (TPSA) is 66.5 Å². The van der Waals surface area contributed by atoms with E-state index in [1.165, 1.54) is 18.4 Å².